The van der Waals surface area contributed by atoms with Crippen molar-refractivity contribution >= 4 is 23.4 Å². The van der Waals surface area contributed by atoms with Gasteiger partial charge in [-0.3, -0.25) is 0 Å². The van der Waals surface area contributed by atoms with E-state index in [1.165, 1.54) is 17.8 Å². The average Bonchev–Trinajstić information content (AvgIpc) is 3.17. The first-order valence-corrected chi connectivity index (χ1v) is 9.53. The third kappa shape index (κ3) is 3.92. The lowest BCUT2D eigenvalue weighted by Gasteiger charge is -2.16. The van der Waals surface area contributed by atoms with Crippen LogP contribution in [-0.2, 0) is 17.0 Å². The monoisotopic (exact) mass is 369 g/mol. The summed E-state index contributed by atoms with van der Waals surface area (Å²) < 4.78 is 21.8. The molecule has 1 aromatic heterocycles. The standard InChI is InChI=1S/C17H21ClFN3OS/c1-11(2)16-20-21-17(22(16)9-12-5-4-8-23-12)24-10-13-14(18)6-3-7-15(13)19/h3,6-7,11-12H,4-5,8-10H2,1-2H3. The molecule has 1 unspecified atom stereocenters. The van der Waals surface area contributed by atoms with Gasteiger partial charge in [-0.1, -0.05) is 43.3 Å². The minimum Gasteiger partial charge on any atom is -0.376 e. The van der Waals surface area contributed by atoms with E-state index in [4.69, 9.17) is 16.3 Å². The molecule has 1 fully saturated rings. The molecule has 0 bridgehead atoms. The fourth-order valence-corrected chi connectivity index (χ4v) is 4.10. The first-order chi connectivity index (χ1) is 11.6. The van der Waals surface area contributed by atoms with Crippen LogP contribution in [0.2, 0.25) is 5.02 Å². The van der Waals surface area contributed by atoms with Gasteiger partial charge in [-0.05, 0) is 25.0 Å². The summed E-state index contributed by atoms with van der Waals surface area (Å²) in [5.74, 6) is 1.34. The predicted molar refractivity (Wildman–Crippen MR) is 94.1 cm³/mol. The molecule has 1 saturated heterocycles. The second kappa shape index (κ2) is 7.85. The second-order valence-corrected chi connectivity index (χ2v) is 7.58. The van der Waals surface area contributed by atoms with Gasteiger partial charge in [-0.15, -0.1) is 10.2 Å². The molecule has 0 amide bonds. The Bertz CT molecular complexity index is 681. The number of thioether (sulfide) groups is 1. The Kier molecular flexibility index (Phi) is 5.79. The van der Waals surface area contributed by atoms with Crippen LogP contribution in [0.5, 0.6) is 0 Å². The number of hydrogen-bond donors (Lipinski definition) is 0. The van der Waals surface area contributed by atoms with Gasteiger partial charge < -0.3 is 9.30 Å². The fraction of sp³-hybridized carbons (Fsp3) is 0.529. The Morgan fingerprint density at radius 2 is 2.25 bits per heavy atom. The maximum atomic E-state index is 14.0. The number of hydrogen-bond acceptors (Lipinski definition) is 4. The number of benzene rings is 1. The number of halogens is 2. The SMILES string of the molecule is CC(C)c1nnc(SCc2c(F)cccc2Cl)n1CC1CCCO1. The van der Waals surface area contributed by atoms with Gasteiger partial charge in [0.2, 0.25) is 0 Å². The van der Waals surface area contributed by atoms with Crippen LogP contribution in [0.1, 0.15) is 44.0 Å². The summed E-state index contributed by atoms with van der Waals surface area (Å²) in [4.78, 5) is 0. The van der Waals surface area contributed by atoms with Crippen molar-refractivity contribution in [2.45, 2.75) is 56.2 Å². The molecule has 2 aromatic rings. The molecule has 1 aliphatic rings. The molecule has 2 heterocycles. The number of rotatable bonds is 6. The van der Waals surface area contributed by atoms with Crippen molar-refractivity contribution in [1.29, 1.82) is 0 Å². The Hall–Kier alpha value is -1.11. The van der Waals surface area contributed by atoms with Crippen LogP contribution < -0.4 is 0 Å². The molecule has 0 spiro atoms. The number of nitrogens with zero attached hydrogens (tertiary/aromatic N) is 3. The first-order valence-electron chi connectivity index (χ1n) is 8.16. The molecular weight excluding hydrogens is 349 g/mol. The van der Waals surface area contributed by atoms with Crippen LogP contribution in [0.15, 0.2) is 23.4 Å². The van der Waals surface area contributed by atoms with Gasteiger partial charge in [0, 0.05) is 28.9 Å². The lowest BCUT2D eigenvalue weighted by Crippen LogP contribution is -2.18. The highest BCUT2D eigenvalue weighted by molar-refractivity contribution is 7.98. The van der Waals surface area contributed by atoms with E-state index in [-0.39, 0.29) is 17.8 Å². The Morgan fingerprint density at radius 1 is 1.42 bits per heavy atom. The maximum Gasteiger partial charge on any atom is 0.191 e. The van der Waals surface area contributed by atoms with Crippen LogP contribution in [0, 0.1) is 5.82 Å². The zero-order valence-electron chi connectivity index (χ0n) is 13.8. The summed E-state index contributed by atoms with van der Waals surface area (Å²) in [6.07, 6.45) is 2.35. The molecule has 7 heteroatoms. The predicted octanol–water partition coefficient (Wildman–Crippen LogP) is 4.67. The van der Waals surface area contributed by atoms with E-state index in [1.807, 2.05) is 0 Å². The molecule has 0 radical (unpaired) electrons. The van der Waals surface area contributed by atoms with Gasteiger partial charge in [0.05, 0.1) is 12.6 Å². The fourth-order valence-electron chi connectivity index (χ4n) is 2.80. The van der Waals surface area contributed by atoms with Crippen LogP contribution >= 0.6 is 23.4 Å². The van der Waals surface area contributed by atoms with Gasteiger partial charge in [-0.2, -0.15) is 0 Å². The average molecular weight is 370 g/mol. The molecule has 0 aliphatic carbocycles. The second-order valence-electron chi connectivity index (χ2n) is 6.23. The van der Waals surface area contributed by atoms with E-state index in [2.05, 4.69) is 28.6 Å². The Balaban J connectivity index is 1.79. The quantitative estimate of drug-likeness (QED) is 0.694. The van der Waals surface area contributed by atoms with Gasteiger partial charge >= 0.3 is 0 Å². The molecule has 1 aliphatic heterocycles. The van der Waals surface area contributed by atoms with E-state index >= 15 is 0 Å². The van der Waals surface area contributed by atoms with Crippen molar-refractivity contribution < 1.29 is 9.13 Å². The van der Waals surface area contributed by atoms with Crippen molar-refractivity contribution in [3.8, 4) is 0 Å². The summed E-state index contributed by atoms with van der Waals surface area (Å²) in [7, 11) is 0. The zero-order chi connectivity index (χ0) is 17.1. The molecule has 24 heavy (non-hydrogen) atoms. The van der Waals surface area contributed by atoms with E-state index in [0.29, 0.717) is 16.3 Å². The van der Waals surface area contributed by atoms with Gasteiger partial charge in [0.1, 0.15) is 11.6 Å². The number of aromatic nitrogens is 3. The van der Waals surface area contributed by atoms with Crippen molar-refractivity contribution in [1.82, 2.24) is 14.8 Å². The van der Waals surface area contributed by atoms with Crippen molar-refractivity contribution in [3.05, 3.63) is 40.4 Å². The zero-order valence-corrected chi connectivity index (χ0v) is 15.4. The van der Waals surface area contributed by atoms with Gasteiger partial charge in [-0.25, -0.2) is 4.39 Å². The van der Waals surface area contributed by atoms with Crippen molar-refractivity contribution in [3.63, 3.8) is 0 Å². The smallest absolute Gasteiger partial charge is 0.191 e. The topological polar surface area (TPSA) is 39.9 Å². The summed E-state index contributed by atoms with van der Waals surface area (Å²) >= 11 is 7.57. The lowest BCUT2D eigenvalue weighted by molar-refractivity contribution is 0.0940. The first kappa shape index (κ1) is 17.7. The third-order valence-electron chi connectivity index (χ3n) is 4.08. The molecule has 1 atom stereocenters. The maximum absolute atomic E-state index is 14.0. The van der Waals surface area contributed by atoms with Gasteiger partial charge in [0.25, 0.3) is 0 Å². The van der Waals surface area contributed by atoms with Crippen LogP contribution in [0.25, 0.3) is 0 Å². The van der Waals surface area contributed by atoms with E-state index in [0.717, 1.165) is 37.0 Å². The van der Waals surface area contributed by atoms with Crippen molar-refractivity contribution in [2.24, 2.45) is 0 Å². The summed E-state index contributed by atoms with van der Waals surface area (Å²) in [5, 5.41) is 9.86. The normalized spacial score (nSPS) is 17.8. The number of ether oxygens (including phenoxy) is 1. The highest BCUT2D eigenvalue weighted by Gasteiger charge is 2.22. The minimum atomic E-state index is -0.288. The van der Waals surface area contributed by atoms with Crippen LogP contribution in [0.3, 0.4) is 0 Å². The minimum absolute atomic E-state index is 0.204. The summed E-state index contributed by atoms with van der Waals surface area (Å²) in [6, 6.07) is 4.75. The highest BCUT2D eigenvalue weighted by Crippen LogP contribution is 2.30. The van der Waals surface area contributed by atoms with E-state index < -0.39 is 0 Å². The van der Waals surface area contributed by atoms with E-state index in [9.17, 15) is 4.39 Å². The molecule has 130 valence electrons. The van der Waals surface area contributed by atoms with Crippen molar-refractivity contribution in [2.75, 3.05) is 6.61 Å². The molecule has 3 rings (SSSR count). The highest BCUT2D eigenvalue weighted by atomic mass is 35.5. The van der Waals surface area contributed by atoms with E-state index in [1.54, 1.807) is 12.1 Å². The largest absolute Gasteiger partial charge is 0.376 e. The Morgan fingerprint density at radius 3 is 2.92 bits per heavy atom. The van der Waals surface area contributed by atoms with Crippen LogP contribution in [-0.4, -0.2) is 27.5 Å². The molecule has 1 aromatic carbocycles. The Labute approximate surface area is 150 Å². The molecule has 4 nitrogen and oxygen atoms in total. The third-order valence-corrected chi connectivity index (χ3v) is 5.43. The van der Waals surface area contributed by atoms with Crippen LogP contribution in [0.4, 0.5) is 4.39 Å². The molecule has 0 N–H and O–H groups in total. The molecule has 0 saturated carbocycles. The summed E-state index contributed by atoms with van der Waals surface area (Å²) in [6.45, 7) is 5.75. The summed E-state index contributed by atoms with van der Waals surface area (Å²) in [5.41, 5.74) is 0.502. The van der Waals surface area contributed by atoms with Gasteiger partial charge in [0.15, 0.2) is 5.16 Å². The lowest BCUT2D eigenvalue weighted by atomic mass is 10.2. The molecular formula is C17H21ClFN3OS.